The Balaban J connectivity index is 1.88. The number of aromatic nitrogens is 1. The molecule has 4 rings (SSSR count). The largest absolute Gasteiger partial charge is 0.370 e. The summed E-state index contributed by atoms with van der Waals surface area (Å²) in [5.41, 5.74) is 7.41. The summed E-state index contributed by atoms with van der Waals surface area (Å²) in [4.78, 5) is 41.9. The van der Waals surface area contributed by atoms with Gasteiger partial charge >= 0.3 is 0 Å². The van der Waals surface area contributed by atoms with Gasteiger partial charge in [-0.1, -0.05) is 42.2 Å². The molecule has 9 heteroatoms. The van der Waals surface area contributed by atoms with E-state index in [4.69, 9.17) is 18.0 Å². The normalized spacial score (nSPS) is 19.1. The maximum atomic E-state index is 13.4. The van der Waals surface area contributed by atoms with Crippen LogP contribution in [0, 0.1) is 5.92 Å². The lowest BCUT2D eigenvalue weighted by molar-refractivity contribution is -0.123. The average Bonchev–Trinajstić information content (AvgIpc) is 3.04. The molecule has 0 atom stereocenters. The van der Waals surface area contributed by atoms with Crippen LogP contribution in [-0.2, 0) is 16.6 Å². The van der Waals surface area contributed by atoms with Crippen molar-refractivity contribution in [2.45, 2.75) is 19.8 Å². The number of benzene rings is 1. The fourth-order valence-electron chi connectivity index (χ4n) is 4.26. The van der Waals surface area contributed by atoms with Crippen LogP contribution >= 0.6 is 24.0 Å². The van der Waals surface area contributed by atoms with Gasteiger partial charge in [-0.25, -0.2) is 0 Å². The van der Waals surface area contributed by atoms with Gasteiger partial charge in [0.15, 0.2) is 0 Å². The Kier molecular flexibility index (Phi) is 5.90. The average molecular weight is 457 g/mol. The highest BCUT2D eigenvalue weighted by Crippen LogP contribution is 2.37. The fraction of sp³-hybridized carbons (Fsp3) is 0.364. The first-order valence-corrected chi connectivity index (χ1v) is 11.5. The Hall–Kier alpha value is -2.65. The molecule has 1 aromatic heterocycles. The minimum Gasteiger partial charge on any atom is -0.370 e. The first-order valence-electron chi connectivity index (χ1n) is 10.2. The number of thioether (sulfide) groups is 1. The van der Waals surface area contributed by atoms with E-state index in [0.29, 0.717) is 47.3 Å². The third kappa shape index (κ3) is 3.76. The zero-order valence-electron chi connectivity index (χ0n) is 17.5. The Morgan fingerprint density at radius 3 is 2.55 bits per heavy atom. The van der Waals surface area contributed by atoms with Crippen LogP contribution in [0.5, 0.6) is 0 Å². The highest BCUT2D eigenvalue weighted by molar-refractivity contribution is 8.26. The van der Waals surface area contributed by atoms with Crippen molar-refractivity contribution in [1.29, 1.82) is 0 Å². The van der Waals surface area contributed by atoms with Gasteiger partial charge in [-0.15, -0.1) is 0 Å². The summed E-state index contributed by atoms with van der Waals surface area (Å²) in [5.74, 6) is -0.610. The summed E-state index contributed by atoms with van der Waals surface area (Å²) in [6, 6.07) is 7.74. The molecule has 0 bridgehead atoms. The summed E-state index contributed by atoms with van der Waals surface area (Å²) >= 11 is 6.55. The maximum Gasteiger partial charge on any atom is 0.266 e. The number of hydrogen-bond acceptors (Lipinski definition) is 6. The molecule has 31 heavy (non-hydrogen) atoms. The van der Waals surface area contributed by atoms with Gasteiger partial charge < -0.3 is 15.2 Å². The summed E-state index contributed by atoms with van der Waals surface area (Å²) in [5, 5.41) is 0.930. The van der Waals surface area contributed by atoms with E-state index in [1.807, 2.05) is 31.2 Å². The van der Waals surface area contributed by atoms with Gasteiger partial charge in [0.05, 0.1) is 21.7 Å². The third-order valence-electron chi connectivity index (χ3n) is 5.99. The molecular formula is C22H24N4O3S2. The second kappa shape index (κ2) is 8.47. The number of fused-ring (bicyclic) bond motifs is 1. The van der Waals surface area contributed by atoms with Crippen LogP contribution in [0.15, 0.2) is 34.0 Å². The number of pyridine rings is 1. The zero-order chi connectivity index (χ0) is 22.3. The van der Waals surface area contributed by atoms with E-state index in [1.54, 1.807) is 17.7 Å². The molecule has 0 saturated carbocycles. The molecule has 0 radical (unpaired) electrons. The number of para-hydroxylation sites is 1. The van der Waals surface area contributed by atoms with Crippen LogP contribution in [0.25, 0.3) is 17.0 Å². The Labute approximate surface area is 189 Å². The van der Waals surface area contributed by atoms with Crippen molar-refractivity contribution < 1.29 is 9.59 Å². The van der Waals surface area contributed by atoms with Gasteiger partial charge in [0.25, 0.3) is 11.5 Å². The Morgan fingerprint density at radius 1 is 1.26 bits per heavy atom. The quantitative estimate of drug-likeness (QED) is 0.562. The number of aryl methyl sites for hydroxylation is 1. The van der Waals surface area contributed by atoms with E-state index >= 15 is 0 Å². The molecule has 2 aliphatic rings. The van der Waals surface area contributed by atoms with Crippen molar-refractivity contribution in [3.63, 3.8) is 0 Å². The van der Waals surface area contributed by atoms with E-state index in [2.05, 4.69) is 4.90 Å². The van der Waals surface area contributed by atoms with Gasteiger partial charge in [0.2, 0.25) is 5.91 Å². The van der Waals surface area contributed by atoms with E-state index in [9.17, 15) is 14.4 Å². The van der Waals surface area contributed by atoms with Crippen molar-refractivity contribution >= 4 is 62.8 Å². The van der Waals surface area contributed by atoms with Crippen LogP contribution in [0.2, 0.25) is 0 Å². The van der Waals surface area contributed by atoms with E-state index in [1.165, 1.54) is 16.7 Å². The number of nitrogens with two attached hydrogens (primary N) is 1. The second-order valence-electron chi connectivity index (χ2n) is 7.73. The SMILES string of the molecule is CCN1C(=O)C(=Cc2c(N3CCC(C(N)=O)CC3)c3ccccc3n(C)c2=O)SC1=S. The van der Waals surface area contributed by atoms with E-state index in [-0.39, 0.29) is 23.3 Å². The number of thiocarbonyl (C=S) groups is 1. The standard InChI is InChI=1S/C22H24N4O3S2/c1-3-26-21(29)17(31-22(26)30)12-15-18(25-10-8-13(9-11-25)19(23)27)14-6-4-5-7-16(14)24(2)20(15)28/h4-7,12-13H,3,8-11H2,1-2H3,(H2,23,27). The zero-order valence-corrected chi connectivity index (χ0v) is 19.1. The number of hydrogen-bond donors (Lipinski definition) is 1. The molecule has 162 valence electrons. The molecule has 2 saturated heterocycles. The minimum atomic E-state index is -0.281. The molecule has 0 aliphatic carbocycles. The lowest BCUT2D eigenvalue weighted by Gasteiger charge is -2.34. The lowest BCUT2D eigenvalue weighted by atomic mass is 9.94. The molecule has 1 aromatic carbocycles. The Morgan fingerprint density at radius 2 is 1.94 bits per heavy atom. The summed E-state index contributed by atoms with van der Waals surface area (Å²) < 4.78 is 2.11. The molecule has 2 aromatic rings. The molecule has 2 N–H and O–H groups in total. The smallest absolute Gasteiger partial charge is 0.266 e. The lowest BCUT2D eigenvalue weighted by Crippen LogP contribution is -2.40. The first-order chi connectivity index (χ1) is 14.8. The van der Waals surface area contributed by atoms with Gasteiger partial charge in [-0.05, 0) is 31.9 Å². The predicted octanol–water partition coefficient (Wildman–Crippen LogP) is 2.46. The number of amides is 2. The van der Waals surface area contributed by atoms with E-state index in [0.717, 1.165) is 16.6 Å². The molecule has 0 spiro atoms. The van der Waals surface area contributed by atoms with Crippen LogP contribution in [-0.4, -0.2) is 45.2 Å². The van der Waals surface area contributed by atoms with Gasteiger partial charge in [-0.3, -0.25) is 19.3 Å². The summed E-state index contributed by atoms with van der Waals surface area (Å²) in [6.07, 6.45) is 2.95. The monoisotopic (exact) mass is 456 g/mol. The van der Waals surface area contributed by atoms with Crippen LogP contribution in [0.3, 0.4) is 0 Å². The highest BCUT2D eigenvalue weighted by Gasteiger charge is 2.32. The fourth-order valence-corrected chi connectivity index (χ4v) is 5.63. The topological polar surface area (TPSA) is 88.6 Å². The number of likely N-dealkylation sites (N-methyl/N-ethyl adjacent to an activating group) is 1. The van der Waals surface area contributed by atoms with Gasteiger partial charge in [0, 0.05) is 38.0 Å². The first kappa shape index (κ1) is 21.6. The van der Waals surface area contributed by atoms with Crippen molar-refractivity contribution in [1.82, 2.24) is 9.47 Å². The number of anilines is 1. The number of piperidine rings is 1. The van der Waals surface area contributed by atoms with Crippen molar-refractivity contribution in [2.75, 3.05) is 24.5 Å². The van der Waals surface area contributed by atoms with Crippen LogP contribution in [0.1, 0.15) is 25.3 Å². The number of carbonyl (C=O) groups excluding carboxylic acids is 2. The molecule has 7 nitrogen and oxygen atoms in total. The van der Waals surface area contributed by atoms with Gasteiger partial charge in [-0.2, -0.15) is 0 Å². The van der Waals surface area contributed by atoms with Crippen molar-refractivity contribution in [2.24, 2.45) is 18.7 Å². The molecule has 3 heterocycles. The Bertz CT molecular complexity index is 1180. The predicted molar refractivity (Wildman–Crippen MR) is 129 cm³/mol. The molecular weight excluding hydrogens is 432 g/mol. The summed E-state index contributed by atoms with van der Waals surface area (Å²) in [6.45, 7) is 3.59. The maximum absolute atomic E-state index is 13.4. The number of nitrogens with zero attached hydrogens (tertiary/aromatic N) is 3. The summed E-state index contributed by atoms with van der Waals surface area (Å²) in [7, 11) is 1.74. The van der Waals surface area contributed by atoms with Crippen LogP contribution < -0.4 is 16.2 Å². The third-order valence-corrected chi connectivity index (χ3v) is 7.37. The molecule has 2 aliphatic heterocycles. The number of rotatable bonds is 4. The second-order valence-corrected chi connectivity index (χ2v) is 9.41. The van der Waals surface area contributed by atoms with Crippen molar-refractivity contribution in [3.8, 4) is 0 Å². The van der Waals surface area contributed by atoms with Crippen LogP contribution in [0.4, 0.5) is 5.69 Å². The minimum absolute atomic E-state index is 0.154. The number of primary amides is 1. The number of carbonyl (C=O) groups is 2. The molecule has 2 fully saturated rings. The van der Waals surface area contributed by atoms with Crippen molar-refractivity contribution in [3.05, 3.63) is 45.1 Å². The van der Waals surface area contributed by atoms with E-state index < -0.39 is 0 Å². The van der Waals surface area contributed by atoms with Gasteiger partial charge in [0.1, 0.15) is 4.32 Å². The highest BCUT2D eigenvalue weighted by atomic mass is 32.2. The molecule has 2 amide bonds. The molecule has 0 unspecified atom stereocenters.